The van der Waals surface area contributed by atoms with Crippen LogP contribution in [0.15, 0.2) is 24.3 Å². The Morgan fingerprint density at radius 2 is 2.18 bits per heavy atom. The molecule has 0 fully saturated rings. The number of hydrogen-bond acceptors (Lipinski definition) is 1. The molecule has 11 heavy (non-hydrogen) atoms. The molecule has 1 rings (SSSR count). The molecule has 0 heterocycles. The van der Waals surface area contributed by atoms with E-state index in [2.05, 4.69) is 44.5 Å². The Bertz CT molecular complexity index is 237. The number of halogens is 2. The predicted molar refractivity (Wildman–Crippen MR) is 56.6 cm³/mol. The summed E-state index contributed by atoms with van der Waals surface area (Å²) in [6.07, 6.45) is 7.38. The van der Waals surface area contributed by atoms with Crippen LogP contribution in [0.5, 0.6) is 0 Å². The summed E-state index contributed by atoms with van der Waals surface area (Å²) in [5.74, 6) is 0. The second-order valence-corrected chi connectivity index (χ2v) is 4.92. The minimum absolute atomic E-state index is 0.0231. The number of rotatable bonds is 1. The van der Waals surface area contributed by atoms with E-state index in [1.807, 2.05) is 18.2 Å². The van der Waals surface area contributed by atoms with E-state index in [-0.39, 0.29) is 9.94 Å². The smallest absolute Gasteiger partial charge is 0.207 e. The van der Waals surface area contributed by atoms with E-state index in [0.717, 1.165) is 0 Å². The van der Waals surface area contributed by atoms with Crippen LogP contribution in [-0.4, -0.2) is 14.3 Å². The molecule has 0 radical (unpaired) electrons. The second-order valence-electron chi connectivity index (χ2n) is 2.22. The summed E-state index contributed by atoms with van der Waals surface area (Å²) >= 11 is 10.5. The van der Waals surface area contributed by atoms with Gasteiger partial charge in [0.1, 0.15) is 4.32 Å². The standard InChI is InChI=1S/C7H6Br2OS/c8-5-3-1-2-4-7(5,9)6(10)11/h1-5H,(H,10,11). The van der Waals surface area contributed by atoms with Gasteiger partial charge < -0.3 is 0 Å². The third kappa shape index (κ3) is 1.79. The van der Waals surface area contributed by atoms with Crippen LogP contribution in [-0.2, 0) is 4.79 Å². The first-order valence-corrected chi connectivity index (χ1v) is 5.15. The molecule has 60 valence electrons. The Hall–Kier alpha value is 0.460. The maximum atomic E-state index is 11.0. The normalized spacial score (nSPS) is 35.7. The van der Waals surface area contributed by atoms with Gasteiger partial charge in [0.25, 0.3) is 0 Å². The van der Waals surface area contributed by atoms with Gasteiger partial charge >= 0.3 is 0 Å². The Labute approximate surface area is 87.6 Å². The Morgan fingerprint density at radius 1 is 1.55 bits per heavy atom. The van der Waals surface area contributed by atoms with Gasteiger partial charge in [-0.1, -0.05) is 56.2 Å². The highest BCUT2D eigenvalue weighted by Gasteiger charge is 2.37. The first-order chi connectivity index (χ1) is 5.07. The molecule has 0 aromatic carbocycles. The number of allylic oxidation sites excluding steroid dienone is 4. The molecule has 0 aliphatic heterocycles. The van der Waals surface area contributed by atoms with Crippen LogP contribution < -0.4 is 0 Å². The van der Waals surface area contributed by atoms with Gasteiger partial charge in [-0.05, 0) is 0 Å². The fraction of sp³-hybridized carbons (Fsp3) is 0.286. The lowest BCUT2D eigenvalue weighted by atomic mass is 10.0. The van der Waals surface area contributed by atoms with Gasteiger partial charge in [-0.25, -0.2) is 0 Å². The monoisotopic (exact) mass is 296 g/mol. The zero-order valence-electron chi connectivity index (χ0n) is 5.50. The van der Waals surface area contributed by atoms with Crippen molar-refractivity contribution in [1.82, 2.24) is 0 Å². The van der Waals surface area contributed by atoms with Crippen molar-refractivity contribution in [2.24, 2.45) is 0 Å². The molecule has 1 aliphatic carbocycles. The minimum Gasteiger partial charge on any atom is -0.285 e. The summed E-state index contributed by atoms with van der Waals surface area (Å²) in [6, 6.07) is 0. The van der Waals surface area contributed by atoms with Gasteiger partial charge in [-0.15, -0.1) is 12.6 Å². The Balaban J connectivity index is 2.94. The molecule has 0 aromatic heterocycles. The molecule has 2 unspecified atom stereocenters. The summed E-state index contributed by atoms with van der Waals surface area (Å²) in [5.41, 5.74) is 0. The second kappa shape index (κ2) is 3.46. The van der Waals surface area contributed by atoms with Crippen molar-refractivity contribution < 1.29 is 4.79 Å². The number of alkyl halides is 2. The molecule has 0 bridgehead atoms. The zero-order chi connectivity index (χ0) is 8.48. The first kappa shape index (κ1) is 9.55. The SMILES string of the molecule is O=C(S)C1(Br)C=CC=CC1Br. The van der Waals surface area contributed by atoms with E-state index in [9.17, 15) is 4.79 Å². The maximum Gasteiger partial charge on any atom is 0.207 e. The van der Waals surface area contributed by atoms with Gasteiger partial charge in [-0.3, -0.25) is 4.79 Å². The zero-order valence-corrected chi connectivity index (χ0v) is 9.56. The van der Waals surface area contributed by atoms with Crippen molar-refractivity contribution in [1.29, 1.82) is 0 Å². The fourth-order valence-corrected chi connectivity index (χ4v) is 2.01. The average molecular weight is 298 g/mol. The summed E-state index contributed by atoms with van der Waals surface area (Å²) in [5, 5.41) is -0.194. The molecule has 1 nitrogen and oxygen atoms in total. The number of carbonyl (C=O) groups is 1. The lowest BCUT2D eigenvalue weighted by Gasteiger charge is -2.25. The molecular weight excluding hydrogens is 292 g/mol. The van der Waals surface area contributed by atoms with Crippen LogP contribution >= 0.6 is 44.5 Å². The molecule has 0 aromatic rings. The van der Waals surface area contributed by atoms with E-state index in [1.165, 1.54) is 0 Å². The number of carbonyl (C=O) groups excluding carboxylic acids is 1. The fourth-order valence-electron chi connectivity index (χ4n) is 0.779. The van der Waals surface area contributed by atoms with Crippen molar-refractivity contribution in [3.8, 4) is 0 Å². The average Bonchev–Trinajstić information content (AvgIpc) is 1.95. The minimum atomic E-state index is -0.676. The van der Waals surface area contributed by atoms with E-state index in [0.29, 0.717) is 0 Å². The maximum absolute atomic E-state index is 11.0. The van der Waals surface area contributed by atoms with Gasteiger partial charge in [-0.2, -0.15) is 0 Å². The van der Waals surface area contributed by atoms with E-state index >= 15 is 0 Å². The largest absolute Gasteiger partial charge is 0.285 e. The van der Waals surface area contributed by atoms with Gasteiger partial charge in [0.05, 0.1) is 4.83 Å². The van der Waals surface area contributed by atoms with Crippen molar-refractivity contribution in [2.45, 2.75) is 9.15 Å². The predicted octanol–water partition coefficient (Wildman–Crippen LogP) is 2.47. The van der Waals surface area contributed by atoms with E-state index in [4.69, 9.17) is 0 Å². The summed E-state index contributed by atoms with van der Waals surface area (Å²) in [6.45, 7) is 0. The molecule has 0 amide bonds. The summed E-state index contributed by atoms with van der Waals surface area (Å²) < 4.78 is -0.676. The van der Waals surface area contributed by atoms with Crippen LogP contribution in [0.4, 0.5) is 0 Å². The van der Waals surface area contributed by atoms with Crippen molar-refractivity contribution in [3.63, 3.8) is 0 Å². The van der Waals surface area contributed by atoms with Crippen LogP contribution in [0.25, 0.3) is 0 Å². The van der Waals surface area contributed by atoms with Crippen molar-refractivity contribution in [3.05, 3.63) is 24.3 Å². The molecule has 1 aliphatic rings. The van der Waals surface area contributed by atoms with E-state index < -0.39 is 4.32 Å². The third-order valence-corrected chi connectivity index (χ3v) is 4.89. The molecule has 0 spiro atoms. The summed E-state index contributed by atoms with van der Waals surface area (Å²) in [7, 11) is 0. The Kier molecular flexibility index (Phi) is 3.00. The van der Waals surface area contributed by atoms with Gasteiger partial charge in [0.2, 0.25) is 5.12 Å². The lowest BCUT2D eigenvalue weighted by molar-refractivity contribution is -0.111. The Morgan fingerprint density at radius 3 is 2.55 bits per heavy atom. The van der Waals surface area contributed by atoms with Crippen LogP contribution in [0.1, 0.15) is 0 Å². The molecule has 0 saturated heterocycles. The highest BCUT2D eigenvalue weighted by molar-refractivity contribution is 9.13. The van der Waals surface area contributed by atoms with Crippen molar-refractivity contribution in [2.75, 3.05) is 0 Å². The molecule has 0 N–H and O–H groups in total. The van der Waals surface area contributed by atoms with Crippen molar-refractivity contribution >= 4 is 49.6 Å². The number of hydrogen-bond donors (Lipinski definition) is 1. The van der Waals surface area contributed by atoms with Crippen LogP contribution in [0, 0.1) is 0 Å². The number of thiol groups is 1. The highest BCUT2D eigenvalue weighted by Crippen LogP contribution is 2.35. The quantitative estimate of drug-likeness (QED) is 0.581. The molecule has 4 heteroatoms. The van der Waals surface area contributed by atoms with Gasteiger partial charge in [0.15, 0.2) is 0 Å². The van der Waals surface area contributed by atoms with Crippen LogP contribution in [0.3, 0.4) is 0 Å². The summed E-state index contributed by atoms with van der Waals surface area (Å²) in [4.78, 5) is 11.0. The lowest BCUT2D eigenvalue weighted by Crippen LogP contribution is -2.36. The first-order valence-electron chi connectivity index (χ1n) is 3.00. The van der Waals surface area contributed by atoms with Gasteiger partial charge in [0, 0.05) is 0 Å². The molecule has 2 atom stereocenters. The molecule has 0 saturated carbocycles. The highest BCUT2D eigenvalue weighted by atomic mass is 79.9. The molecular formula is C7H6Br2OS. The van der Waals surface area contributed by atoms with Crippen LogP contribution in [0.2, 0.25) is 0 Å². The topological polar surface area (TPSA) is 17.1 Å². The third-order valence-electron chi connectivity index (χ3n) is 1.46. The van der Waals surface area contributed by atoms with E-state index in [1.54, 1.807) is 6.08 Å².